The summed E-state index contributed by atoms with van der Waals surface area (Å²) < 4.78 is 0. The highest BCUT2D eigenvalue weighted by Crippen LogP contribution is 2.05. The summed E-state index contributed by atoms with van der Waals surface area (Å²) in [4.78, 5) is 5.34. The Morgan fingerprint density at radius 1 is 1.25 bits per heavy atom. The Morgan fingerprint density at radius 3 is 2.75 bits per heavy atom. The van der Waals surface area contributed by atoms with Gasteiger partial charge in [0.05, 0.1) is 5.51 Å². The fourth-order valence-corrected chi connectivity index (χ4v) is 2.09. The Hall–Kier alpha value is -1.19. The maximum Gasteiger partial charge on any atom is 0.0794 e. The van der Waals surface area contributed by atoms with Crippen LogP contribution in [0.1, 0.15) is 16.0 Å². The van der Waals surface area contributed by atoms with Gasteiger partial charge in [-0.15, -0.1) is 11.3 Å². The van der Waals surface area contributed by atoms with E-state index in [0.717, 1.165) is 19.5 Å². The third-order valence-electron chi connectivity index (χ3n) is 2.49. The second kappa shape index (κ2) is 5.77. The van der Waals surface area contributed by atoms with E-state index < -0.39 is 0 Å². The predicted octanol–water partition coefficient (Wildman–Crippen LogP) is 2.78. The molecule has 0 saturated carbocycles. The number of thiazole rings is 1. The maximum atomic E-state index is 4.05. The zero-order valence-electron chi connectivity index (χ0n) is 9.44. The standard InChI is InChI=1S/C13H16N2S/c1-11-2-4-12(5-3-11)6-7-14-8-13-9-15-10-16-13/h2-5,9-10,14H,6-8H2,1H3. The fraction of sp³-hybridized carbons (Fsp3) is 0.308. The number of aromatic nitrogens is 1. The number of hydrogen-bond acceptors (Lipinski definition) is 3. The molecule has 0 amide bonds. The first-order valence-corrected chi connectivity index (χ1v) is 6.36. The average molecular weight is 232 g/mol. The molecule has 16 heavy (non-hydrogen) atoms. The number of aryl methyl sites for hydroxylation is 1. The molecule has 0 saturated heterocycles. The second-order valence-corrected chi connectivity index (χ2v) is 4.85. The highest BCUT2D eigenvalue weighted by atomic mass is 32.1. The van der Waals surface area contributed by atoms with Gasteiger partial charge in [-0.3, -0.25) is 4.98 Å². The van der Waals surface area contributed by atoms with Crippen LogP contribution in [0, 0.1) is 6.92 Å². The summed E-state index contributed by atoms with van der Waals surface area (Å²) >= 11 is 1.70. The molecule has 1 aromatic heterocycles. The van der Waals surface area contributed by atoms with Gasteiger partial charge in [0.1, 0.15) is 0 Å². The van der Waals surface area contributed by atoms with Gasteiger partial charge in [0.15, 0.2) is 0 Å². The van der Waals surface area contributed by atoms with Crippen LogP contribution >= 0.6 is 11.3 Å². The van der Waals surface area contributed by atoms with Gasteiger partial charge in [0, 0.05) is 17.6 Å². The van der Waals surface area contributed by atoms with Crippen LogP contribution in [0.15, 0.2) is 36.0 Å². The molecule has 2 nitrogen and oxygen atoms in total. The molecule has 3 heteroatoms. The minimum absolute atomic E-state index is 0.927. The van der Waals surface area contributed by atoms with Crippen LogP contribution in [0.5, 0.6) is 0 Å². The summed E-state index contributed by atoms with van der Waals surface area (Å²) in [6.07, 6.45) is 3.00. The lowest BCUT2D eigenvalue weighted by atomic mass is 10.1. The molecule has 0 unspecified atom stereocenters. The molecule has 0 radical (unpaired) electrons. The van der Waals surface area contributed by atoms with E-state index in [2.05, 4.69) is 41.5 Å². The molecular weight excluding hydrogens is 216 g/mol. The highest BCUT2D eigenvalue weighted by Gasteiger charge is 1.95. The molecule has 0 atom stereocenters. The predicted molar refractivity (Wildman–Crippen MR) is 68.7 cm³/mol. The van der Waals surface area contributed by atoms with Gasteiger partial charge in [-0.25, -0.2) is 0 Å². The summed E-state index contributed by atoms with van der Waals surface area (Å²) in [5.41, 5.74) is 4.58. The van der Waals surface area contributed by atoms with E-state index in [0.29, 0.717) is 0 Å². The normalized spacial score (nSPS) is 10.6. The summed E-state index contributed by atoms with van der Waals surface area (Å²) in [7, 11) is 0. The van der Waals surface area contributed by atoms with Crippen molar-refractivity contribution in [3.05, 3.63) is 52.0 Å². The van der Waals surface area contributed by atoms with Crippen molar-refractivity contribution in [2.75, 3.05) is 6.54 Å². The van der Waals surface area contributed by atoms with Gasteiger partial charge >= 0.3 is 0 Å². The number of hydrogen-bond donors (Lipinski definition) is 1. The average Bonchev–Trinajstić information content (AvgIpc) is 2.80. The largest absolute Gasteiger partial charge is 0.311 e. The van der Waals surface area contributed by atoms with E-state index in [4.69, 9.17) is 0 Å². The van der Waals surface area contributed by atoms with Crippen LogP contribution < -0.4 is 5.32 Å². The molecule has 1 N–H and O–H groups in total. The number of nitrogens with one attached hydrogen (secondary N) is 1. The van der Waals surface area contributed by atoms with Crippen molar-refractivity contribution in [1.29, 1.82) is 0 Å². The Morgan fingerprint density at radius 2 is 2.06 bits per heavy atom. The van der Waals surface area contributed by atoms with Gasteiger partial charge in [-0.2, -0.15) is 0 Å². The summed E-state index contributed by atoms with van der Waals surface area (Å²) in [5.74, 6) is 0. The van der Waals surface area contributed by atoms with Gasteiger partial charge in [-0.05, 0) is 25.5 Å². The number of benzene rings is 1. The first kappa shape index (κ1) is 11.3. The molecule has 0 spiro atoms. The van der Waals surface area contributed by atoms with Crippen molar-refractivity contribution in [1.82, 2.24) is 10.3 Å². The number of rotatable bonds is 5. The van der Waals surface area contributed by atoms with E-state index in [1.807, 2.05) is 11.7 Å². The molecular formula is C13H16N2S. The third kappa shape index (κ3) is 3.43. The van der Waals surface area contributed by atoms with E-state index in [9.17, 15) is 0 Å². The van der Waals surface area contributed by atoms with Crippen LogP contribution in [0.2, 0.25) is 0 Å². The lowest BCUT2D eigenvalue weighted by molar-refractivity contribution is 0.693. The quantitative estimate of drug-likeness (QED) is 0.802. The summed E-state index contributed by atoms with van der Waals surface area (Å²) in [6.45, 7) is 4.06. The highest BCUT2D eigenvalue weighted by molar-refractivity contribution is 7.09. The Bertz CT molecular complexity index is 406. The lowest BCUT2D eigenvalue weighted by Crippen LogP contribution is -2.15. The molecule has 2 rings (SSSR count). The van der Waals surface area contributed by atoms with E-state index in [1.54, 1.807) is 11.3 Å². The smallest absolute Gasteiger partial charge is 0.0794 e. The van der Waals surface area contributed by atoms with Gasteiger partial charge in [0.2, 0.25) is 0 Å². The lowest BCUT2D eigenvalue weighted by Gasteiger charge is -2.03. The van der Waals surface area contributed by atoms with E-state index >= 15 is 0 Å². The molecule has 2 aromatic rings. The van der Waals surface area contributed by atoms with E-state index in [1.165, 1.54) is 16.0 Å². The molecule has 0 bridgehead atoms. The summed E-state index contributed by atoms with van der Waals surface area (Å²) in [6, 6.07) is 8.73. The zero-order valence-corrected chi connectivity index (χ0v) is 10.3. The molecule has 0 fully saturated rings. The molecule has 1 aromatic carbocycles. The minimum Gasteiger partial charge on any atom is -0.311 e. The Labute approximate surface area is 100 Å². The van der Waals surface area contributed by atoms with Crippen LogP contribution in [-0.4, -0.2) is 11.5 Å². The molecule has 0 aliphatic rings. The van der Waals surface area contributed by atoms with Crippen LogP contribution in [0.3, 0.4) is 0 Å². The first-order valence-electron chi connectivity index (χ1n) is 5.48. The molecule has 0 aliphatic heterocycles. The number of nitrogens with zero attached hydrogens (tertiary/aromatic N) is 1. The van der Waals surface area contributed by atoms with Crippen LogP contribution in [0.25, 0.3) is 0 Å². The van der Waals surface area contributed by atoms with Crippen molar-refractivity contribution in [2.24, 2.45) is 0 Å². The molecule has 1 heterocycles. The van der Waals surface area contributed by atoms with Crippen molar-refractivity contribution >= 4 is 11.3 Å². The molecule has 84 valence electrons. The maximum absolute atomic E-state index is 4.05. The topological polar surface area (TPSA) is 24.9 Å². The SMILES string of the molecule is Cc1ccc(CCNCc2cncs2)cc1. The Kier molecular flexibility index (Phi) is 4.08. The summed E-state index contributed by atoms with van der Waals surface area (Å²) in [5, 5.41) is 3.42. The fourth-order valence-electron chi connectivity index (χ4n) is 1.53. The van der Waals surface area contributed by atoms with Crippen LogP contribution in [-0.2, 0) is 13.0 Å². The second-order valence-electron chi connectivity index (χ2n) is 3.88. The van der Waals surface area contributed by atoms with Crippen molar-refractivity contribution in [3.8, 4) is 0 Å². The van der Waals surface area contributed by atoms with Gasteiger partial charge in [-0.1, -0.05) is 29.8 Å². The zero-order chi connectivity index (χ0) is 11.2. The van der Waals surface area contributed by atoms with Crippen LogP contribution in [0.4, 0.5) is 0 Å². The van der Waals surface area contributed by atoms with Gasteiger partial charge < -0.3 is 5.32 Å². The van der Waals surface area contributed by atoms with Crippen molar-refractivity contribution in [3.63, 3.8) is 0 Å². The molecule has 0 aliphatic carbocycles. The Balaban J connectivity index is 1.70. The first-order chi connectivity index (χ1) is 7.84. The van der Waals surface area contributed by atoms with Crippen molar-refractivity contribution in [2.45, 2.75) is 19.9 Å². The monoisotopic (exact) mass is 232 g/mol. The third-order valence-corrected chi connectivity index (χ3v) is 3.27. The minimum atomic E-state index is 0.927. The van der Waals surface area contributed by atoms with Crippen molar-refractivity contribution < 1.29 is 0 Å². The van der Waals surface area contributed by atoms with E-state index in [-0.39, 0.29) is 0 Å². The van der Waals surface area contributed by atoms with Gasteiger partial charge in [0.25, 0.3) is 0 Å².